The van der Waals surface area contributed by atoms with Crippen molar-refractivity contribution in [2.24, 2.45) is 11.8 Å². The summed E-state index contributed by atoms with van der Waals surface area (Å²) < 4.78 is 9.43. The molecule has 1 aliphatic heterocycles. The van der Waals surface area contributed by atoms with Crippen LogP contribution in [0, 0.1) is 11.8 Å². The van der Waals surface area contributed by atoms with E-state index in [-0.39, 0.29) is 44.3 Å². The number of carbonyl (C=O) groups excluding carboxylic acids is 4. The number of hydrogen-bond acceptors (Lipinski definition) is 6. The van der Waals surface area contributed by atoms with Gasteiger partial charge in [0.2, 0.25) is 5.91 Å². The average molecular weight is 299 g/mol. The van der Waals surface area contributed by atoms with Gasteiger partial charge in [0.1, 0.15) is 18.8 Å². The molecule has 0 radical (unpaired) electrons. The second-order valence-corrected chi connectivity index (χ2v) is 5.18. The molecule has 0 aliphatic carbocycles. The molecule has 1 heterocycles. The second-order valence-electron chi connectivity index (χ2n) is 5.18. The highest BCUT2D eigenvalue weighted by Gasteiger charge is 2.36. The lowest BCUT2D eigenvalue weighted by molar-refractivity contribution is -0.147. The summed E-state index contributed by atoms with van der Waals surface area (Å²) in [6.07, 6.45) is -1.11. The Morgan fingerprint density at radius 2 is 2.00 bits per heavy atom. The molecule has 0 spiro atoms. The third-order valence-corrected chi connectivity index (χ3v) is 3.24. The number of amides is 2. The highest BCUT2D eigenvalue weighted by atomic mass is 16.6. The Kier molecular flexibility index (Phi) is 6.33. The quantitative estimate of drug-likeness (QED) is 0.517. The van der Waals surface area contributed by atoms with Gasteiger partial charge in [0.15, 0.2) is 0 Å². The van der Waals surface area contributed by atoms with Gasteiger partial charge in [-0.05, 0) is 12.8 Å². The number of carbonyl (C=O) groups is 4. The third-order valence-electron chi connectivity index (χ3n) is 3.24. The van der Waals surface area contributed by atoms with Gasteiger partial charge in [0.05, 0.1) is 13.2 Å². The SMILES string of the molecule is CCOC(=O)CC(=O)C[C@H](C(=O)N1CCOC1=O)C(C)C. The summed E-state index contributed by atoms with van der Waals surface area (Å²) >= 11 is 0. The first-order valence-corrected chi connectivity index (χ1v) is 7.02. The maximum atomic E-state index is 12.3. The molecule has 1 aliphatic rings. The highest BCUT2D eigenvalue weighted by molar-refractivity contribution is 6.00. The molecule has 1 atom stereocenters. The van der Waals surface area contributed by atoms with Crippen LogP contribution in [0.25, 0.3) is 0 Å². The standard InChI is InChI=1S/C14H21NO6/c1-4-20-12(17)8-10(16)7-11(9(2)3)13(18)15-5-6-21-14(15)19/h9,11H,4-8H2,1-3H3/t11-/m0/s1. The van der Waals surface area contributed by atoms with Gasteiger partial charge in [-0.15, -0.1) is 0 Å². The normalized spacial score (nSPS) is 15.8. The molecule has 1 fully saturated rings. The predicted octanol–water partition coefficient (Wildman–Crippen LogP) is 1.15. The lowest BCUT2D eigenvalue weighted by Crippen LogP contribution is -2.39. The number of cyclic esters (lactones) is 1. The molecule has 0 saturated carbocycles. The van der Waals surface area contributed by atoms with Crippen molar-refractivity contribution < 1.29 is 28.7 Å². The van der Waals surface area contributed by atoms with Crippen LogP contribution in [-0.4, -0.2) is 48.4 Å². The van der Waals surface area contributed by atoms with Gasteiger partial charge in [-0.1, -0.05) is 13.8 Å². The molecule has 0 aromatic rings. The minimum atomic E-state index is -0.677. The third kappa shape index (κ3) is 4.84. The van der Waals surface area contributed by atoms with E-state index in [1.807, 2.05) is 0 Å². The molecule has 1 saturated heterocycles. The van der Waals surface area contributed by atoms with Crippen molar-refractivity contribution in [1.82, 2.24) is 4.90 Å². The van der Waals surface area contributed by atoms with Crippen LogP contribution in [-0.2, 0) is 23.9 Å². The number of imide groups is 1. The Morgan fingerprint density at radius 3 is 2.48 bits per heavy atom. The van der Waals surface area contributed by atoms with Crippen molar-refractivity contribution in [2.75, 3.05) is 19.8 Å². The lowest BCUT2D eigenvalue weighted by atomic mass is 9.88. The maximum Gasteiger partial charge on any atom is 0.416 e. The van der Waals surface area contributed by atoms with E-state index in [1.165, 1.54) is 0 Å². The molecular formula is C14H21NO6. The monoisotopic (exact) mass is 299 g/mol. The molecule has 2 amide bonds. The zero-order chi connectivity index (χ0) is 16.0. The van der Waals surface area contributed by atoms with E-state index in [0.29, 0.717) is 0 Å². The van der Waals surface area contributed by atoms with Gasteiger partial charge >= 0.3 is 12.1 Å². The topological polar surface area (TPSA) is 90.0 Å². The van der Waals surface area contributed by atoms with Crippen LogP contribution in [0.1, 0.15) is 33.6 Å². The number of ether oxygens (including phenoxy) is 2. The number of ketones is 1. The van der Waals surface area contributed by atoms with Crippen molar-refractivity contribution in [3.05, 3.63) is 0 Å². The summed E-state index contributed by atoms with van der Waals surface area (Å²) in [5, 5.41) is 0. The largest absolute Gasteiger partial charge is 0.466 e. The minimum Gasteiger partial charge on any atom is -0.466 e. The van der Waals surface area contributed by atoms with Gasteiger partial charge in [-0.3, -0.25) is 14.4 Å². The van der Waals surface area contributed by atoms with Gasteiger partial charge < -0.3 is 9.47 Å². The molecule has 7 heteroatoms. The Morgan fingerprint density at radius 1 is 1.33 bits per heavy atom. The number of nitrogens with zero attached hydrogens (tertiary/aromatic N) is 1. The van der Waals surface area contributed by atoms with Gasteiger partial charge in [-0.2, -0.15) is 0 Å². The van der Waals surface area contributed by atoms with Crippen molar-refractivity contribution in [3.8, 4) is 0 Å². The van der Waals surface area contributed by atoms with Crippen LogP contribution in [0.2, 0.25) is 0 Å². The molecule has 21 heavy (non-hydrogen) atoms. The van der Waals surface area contributed by atoms with E-state index in [4.69, 9.17) is 9.47 Å². The first-order chi connectivity index (χ1) is 9.86. The van der Waals surface area contributed by atoms with E-state index in [9.17, 15) is 19.2 Å². The highest BCUT2D eigenvalue weighted by Crippen LogP contribution is 2.21. The van der Waals surface area contributed by atoms with Gasteiger partial charge in [0.25, 0.3) is 0 Å². The molecule has 0 aromatic heterocycles. The van der Waals surface area contributed by atoms with Crippen LogP contribution in [0.3, 0.4) is 0 Å². The molecule has 0 unspecified atom stereocenters. The van der Waals surface area contributed by atoms with Crippen LogP contribution in [0.4, 0.5) is 4.79 Å². The van der Waals surface area contributed by atoms with E-state index in [2.05, 4.69) is 0 Å². The zero-order valence-electron chi connectivity index (χ0n) is 12.6. The molecule has 1 rings (SSSR count). The van der Waals surface area contributed by atoms with E-state index >= 15 is 0 Å². The summed E-state index contributed by atoms with van der Waals surface area (Å²) in [6, 6.07) is 0. The first-order valence-electron chi connectivity index (χ1n) is 7.02. The minimum absolute atomic E-state index is 0.0842. The van der Waals surface area contributed by atoms with E-state index in [0.717, 1.165) is 4.90 Å². The summed E-state index contributed by atoms with van der Waals surface area (Å²) in [5.41, 5.74) is 0. The molecule has 0 N–H and O–H groups in total. The fraction of sp³-hybridized carbons (Fsp3) is 0.714. The van der Waals surface area contributed by atoms with Crippen LogP contribution in [0.15, 0.2) is 0 Å². The van der Waals surface area contributed by atoms with E-state index in [1.54, 1.807) is 20.8 Å². The van der Waals surface area contributed by atoms with Gasteiger partial charge in [-0.25, -0.2) is 9.69 Å². The maximum absolute atomic E-state index is 12.3. The Bertz CT molecular complexity index is 431. The van der Waals surface area contributed by atoms with Crippen LogP contribution >= 0.6 is 0 Å². The summed E-state index contributed by atoms with van der Waals surface area (Å²) in [4.78, 5) is 47.9. The Labute approximate surface area is 123 Å². The van der Waals surface area contributed by atoms with Crippen molar-refractivity contribution >= 4 is 23.8 Å². The molecular weight excluding hydrogens is 278 g/mol. The number of hydrogen-bond donors (Lipinski definition) is 0. The molecule has 7 nitrogen and oxygen atoms in total. The first kappa shape index (κ1) is 17.1. The summed E-state index contributed by atoms with van der Waals surface area (Å²) in [7, 11) is 0. The number of rotatable bonds is 7. The molecule has 118 valence electrons. The Balaban J connectivity index is 2.65. The fourth-order valence-corrected chi connectivity index (χ4v) is 2.09. The Hall–Kier alpha value is -1.92. The van der Waals surface area contributed by atoms with Crippen molar-refractivity contribution in [2.45, 2.75) is 33.6 Å². The van der Waals surface area contributed by atoms with Crippen LogP contribution in [0.5, 0.6) is 0 Å². The number of esters is 1. The molecule has 0 bridgehead atoms. The summed E-state index contributed by atoms with van der Waals surface area (Å²) in [5.74, 6) is -2.16. The smallest absolute Gasteiger partial charge is 0.416 e. The summed E-state index contributed by atoms with van der Waals surface area (Å²) in [6.45, 7) is 5.82. The fourth-order valence-electron chi connectivity index (χ4n) is 2.09. The van der Waals surface area contributed by atoms with Crippen molar-refractivity contribution in [1.29, 1.82) is 0 Å². The lowest BCUT2D eigenvalue weighted by Gasteiger charge is -2.22. The zero-order valence-corrected chi connectivity index (χ0v) is 12.6. The second kappa shape index (κ2) is 7.75. The molecule has 0 aromatic carbocycles. The average Bonchev–Trinajstić information content (AvgIpc) is 2.81. The van der Waals surface area contributed by atoms with Gasteiger partial charge in [0, 0.05) is 12.3 Å². The van der Waals surface area contributed by atoms with Crippen LogP contribution < -0.4 is 0 Å². The predicted molar refractivity (Wildman–Crippen MR) is 72.3 cm³/mol. The van der Waals surface area contributed by atoms with Crippen molar-refractivity contribution in [3.63, 3.8) is 0 Å². The van der Waals surface area contributed by atoms with E-state index < -0.39 is 23.9 Å². The number of Topliss-reactive ketones (excluding diaryl/α,β-unsaturated/α-hetero) is 1.